The normalized spacial score (nSPS) is 26.6. The van der Waals surface area contributed by atoms with Gasteiger partial charge in [0, 0.05) is 18.0 Å². The van der Waals surface area contributed by atoms with E-state index in [9.17, 15) is 8.78 Å². The molecule has 3 heteroatoms. The molecule has 1 nitrogen and oxygen atoms in total. The van der Waals surface area contributed by atoms with Crippen molar-refractivity contribution in [3.05, 3.63) is 35.4 Å². The van der Waals surface area contributed by atoms with Gasteiger partial charge in [-0.3, -0.25) is 0 Å². The third kappa shape index (κ3) is 2.17. The molecule has 0 spiro atoms. The molecule has 0 saturated heterocycles. The van der Waals surface area contributed by atoms with Gasteiger partial charge in [0.1, 0.15) is 11.6 Å². The van der Waals surface area contributed by atoms with Crippen LogP contribution in [0.5, 0.6) is 0 Å². The van der Waals surface area contributed by atoms with Crippen LogP contribution in [0.25, 0.3) is 0 Å². The quantitative estimate of drug-likeness (QED) is 0.759. The lowest BCUT2D eigenvalue weighted by molar-refractivity contribution is 0.375. The van der Waals surface area contributed by atoms with Gasteiger partial charge >= 0.3 is 0 Å². The van der Waals surface area contributed by atoms with Gasteiger partial charge < -0.3 is 5.73 Å². The molecule has 1 aliphatic rings. The average Bonchev–Trinajstić information content (AvgIpc) is 2.20. The number of hydrogen-bond acceptors (Lipinski definition) is 1. The Labute approximate surface area is 88.3 Å². The number of nitrogens with two attached hydrogens (primary N) is 1. The lowest BCUT2D eigenvalue weighted by Gasteiger charge is -2.29. The number of halogens is 2. The van der Waals surface area contributed by atoms with Gasteiger partial charge in [-0.15, -0.1) is 0 Å². The number of benzene rings is 1. The molecule has 2 unspecified atom stereocenters. The van der Waals surface area contributed by atoms with Crippen LogP contribution in [-0.2, 0) is 0 Å². The lowest BCUT2D eigenvalue weighted by atomic mass is 9.80. The van der Waals surface area contributed by atoms with Crippen molar-refractivity contribution in [1.82, 2.24) is 0 Å². The lowest BCUT2D eigenvalue weighted by Crippen LogP contribution is -2.31. The van der Waals surface area contributed by atoms with Crippen molar-refractivity contribution < 1.29 is 8.78 Å². The second-order valence-electron chi connectivity index (χ2n) is 4.22. The Kier molecular flexibility index (Phi) is 3.00. The van der Waals surface area contributed by atoms with E-state index in [0.717, 1.165) is 31.7 Å². The third-order valence-electron chi connectivity index (χ3n) is 3.18. The maximum atomic E-state index is 13.5. The second-order valence-corrected chi connectivity index (χ2v) is 4.22. The largest absolute Gasteiger partial charge is 0.327 e. The first-order valence-electron chi connectivity index (χ1n) is 5.39. The predicted octanol–water partition coefficient (Wildman–Crippen LogP) is 2.95. The molecule has 0 amide bonds. The summed E-state index contributed by atoms with van der Waals surface area (Å²) in [5, 5.41) is 0. The van der Waals surface area contributed by atoms with E-state index < -0.39 is 11.6 Å². The Morgan fingerprint density at radius 1 is 1.13 bits per heavy atom. The molecule has 2 N–H and O–H groups in total. The zero-order valence-corrected chi connectivity index (χ0v) is 8.55. The van der Waals surface area contributed by atoms with Crippen molar-refractivity contribution in [1.29, 1.82) is 0 Å². The predicted molar refractivity (Wildman–Crippen MR) is 55.5 cm³/mol. The summed E-state index contributed by atoms with van der Waals surface area (Å²) in [4.78, 5) is 0. The number of rotatable bonds is 1. The first-order chi connectivity index (χ1) is 7.18. The SMILES string of the molecule is NC1CCCCC1c1ccc(F)cc1F. The van der Waals surface area contributed by atoms with Crippen LogP contribution in [0.1, 0.15) is 37.2 Å². The molecular weight excluding hydrogens is 196 g/mol. The van der Waals surface area contributed by atoms with Gasteiger partial charge in [0.05, 0.1) is 0 Å². The smallest absolute Gasteiger partial charge is 0.129 e. The maximum absolute atomic E-state index is 13.5. The van der Waals surface area contributed by atoms with E-state index in [0.29, 0.717) is 5.56 Å². The summed E-state index contributed by atoms with van der Waals surface area (Å²) in [6.07, 6.45) is 4.03. The van der Waals surface area contributed by atoms with Crippen LogP contribution in [0.2, 0.25) is 0 Å². The highest BCUT2D eigenvalue weighted by atomic mass is 19.1. The molecule has 0 bridgehead atoms. The van der Waals surface area contributed by atoms with Crippen molar-refractivity contribution in [2.45, 2.75) is 37.6 Å². The molecule has 1 aromatic carbocycles. The van der Waals surface area contributed by atoms with Crippen molar-refractivity contribution in [3.8, 4) is 0 Å². The first kappa shape index (κ1) is 10.6. The highest BCUT2D eigenvalue weighted by molar-refractivity contribution is 5.24. The van der Waals surface area contributed by atoms with E-state index >= 15 is 0 Å². The minimum atomic E-state index is -0.527. The van der Waals surface area contributed by atoms with Gasteiger partial charge in [-0.25, -0.2) is 8.78 Å². The molecule has 2 rings (SSSR count). The Bertz CT molecular complexity index is 351. The van der Waals surface area contributed by atoms with E-state index in [1.807, 2.05) is 0 Å². The van der Waals surface area contributed by atoms with Gasteiger partial charge in [0.25, 0.3) is 0 Å². The fourth-order valence-electron chi connectivity index (χ4n) is 2.35. The molecule has 0 aliphatic heterocycles. The molecule has 1 aromatic rings. The second kappa shape index (κ2) is 4.27. The molecule has 82 valence electrons. The molecule has 0 aromatic heterocycles. The van der Waals surface area contributed by atoms with Gasteiger partial charge in [-0.1, -0.05) is 18.9 Å². The molecule has 0 heterocycles. The fraction of sp³-hybridized carbons (Fsp3) is 0.500. The molecule has 1 saturated carbocycles. The average molecular weight is 211 g/mol. The minimum Gasteiger partial charge on any atom is -0.327 e. The highest BCUT2D eigenvalue weighted by Gasteiger charge is 2.25. The molecule has 1 aliphatic carbocycles. The summed E-state index contributed by atoms with van der Waals surface area (Å²) in [6.45, 7) is 0. The molecular formula is C12H15F2N. The summed E-state index contributed by atoms with van der Waals surface area (Å²) in [5.74, 6) is -0.933. The van der Waals surface area contributed by atoms with E-state index in [1.165, 1.54) is 12.1 Å². The Hall–Kier alpha value is -0.960. The van der Waals surface area contributed by atoms with Crippen molar-refractivity contribution in [2.75, 3.05) is 0 Å². The molecule has 1 fully saturated rings. The first-order valence-corrected chi connectivity index (χ1v) is 5.39. The zero-order valence-electron chi connectivity index (χ0n) is 8.55. The molecule has 15 heavy (non-hydrogen) atoms. The van der Waals surface area contributed by atoms with E-state index in [4.69, 9.17) is 5.73 Å². The van der Waals surface area contributed by atoms with Crippen LogP contribution < -0.4 is 5.73 Å². The van der Waals surface area contributed by atoms with Crippen LogP contribution >= 0.6 is 0 Å². The van der Waals surface area contributed by atoms with Crippen LogP contribution in [-0.4, -0.2) is 6.04 Å². The fourth-order valence-corrected chi connectivity index (χ4v) is 2.35. The zero-order chi connectivity index (χ0) is 10.8. The van der Waals surface area contributed by atoms with E-state index in [-0.39, 0.29) is 12.0 Å². The Morgan fingerprint density at radius 3 is 2.53 bits per heavy atom. The van der Waals surface area contributed by atoms with Crippen molar-refractivity contribution >= 4 is 0 Å². The highest BCUT2D eigenvalue weighted by Crippen LogP contribution is 2.33. The van der Waals surface area contributed by atoms with Gasteiger partial charge in [0.2, 0.25) is 0 Å². The van der Waals surface area contributed by atoms with Gasteiger partial charge in [-0.2, -0.15) is 0 Å². The summed E-state index contributed by atoms with van der Waals surface area (Å²) in [6, 6.07) is 3.79. The Morgan fingerprint density at radius 2 is 1.87 bits per heavy atom. The molecule has 0 radical (unpaired) electrons. The van der Waals surface area contributed by atoms with Gasteiger partial charge in [-0.05, 0) is 24.5 Å². The van der Waals surface area contributed by atoms with Crippen LogP contribution in [0.4, 0.5) is 8.78 Å². The standard InChI is InChI=1S/C12H15F2N/c13-8-5-6-9(11(14)7-8)10-3-1-2-4-12(10)15/h5-7,10,12H,1-4,15H2. The van der Waals surface area contributed by atoms with Crippen molar-refractivity contribution in [3.63, 3.8) is 0 Å². The number of hydrogen-bond donors (Lipinski definition) is 1. The summed E-state index contributed by atoms with van der Waals surface area (Å²) < 4.78 is 26.3. The Balaban J connectivity index is 2.27. The summed E-state index contributed by atoms with van der Waals surface area (Å²) in [5.41, 5.74) is 6.53. The molecule has 2 atom stereocenters. The topological polar surface area (TPSA) is 26.0 Å². The summed E-state index contributed by atoms with van der Waals surface area (Å²) in [7, 11) is 0. The van der Waals surface area contributed by atoms with E-state index in [1.54, 1.807) is 0 Å². The van der Waals surface area contributed by atoms with Crippen LogP contribution in [0, 0.1) is 11.6 Å². The van der Waals surface area contributed by atoms with Crippen LogP contribution in [0.15, 0.2) is 18.2 Å². The third-order valence-corrected chi connectivity index (χ3v) is 3.18. The monoisotopic (exact) mass is 211 g/mol. The van der Waals surface area contributed by atoms with Crippen LogP contribution in [0.3, 0.4) is 0 Å². The van der Waals surface area contributed by atoms with Gasteiger partial charge in [0.15, 0.2) is 0 Å². The summed E-state index contributed by atoms with van der Waals surface area (Å²) >= 11 is 0. The van der Waals surface area contributed by atoms with Crippen molar-refractivity contribution in [2.24, 2.45) is 5.73 Å². The van der Waals surface area contributed by atoms with E-state index in [2.05, 4.69) is 0 Å². The maximum Gasteiger partial charge on any atom is 0.129 e. The minimum absolute atomic E-state index is 0.0127.